The van der Waals surface area contributed by atoms with E-state index in [0.29, 0.717) is 24.1 Å². The van der Waals surface area contributed by atoms with Crippen molar-refractivity contribution in [3.63, 3.8) is 0 Å². The molecule has 2 aromatic carbocycles. The predicted octanol–water partition coefficient (Wildman–Crippen LogP) is 4.16. The number of aromatic nitrogens is 3. The first-order valence-electron chi connectivity index (χ1n) is 9.93. The maximum atomic E-state index is 12.5. The van der Waals surface area contributed by atoms with Crippen LogP contribution in [0.15, 0.2) is 48.5 Å². The van der Waals surface area contributed by atoms with Crippen LogP contribution in [-0.2, 0) is 10.5 Å². The highest BCUT2D eigenvalue weighted by Gasteiger charge is 2.15. The molecule has 0 aliphatic rings. The van der Waals surface area contributed by atoms with Crippen LogP contribution in [0.5, 0.6) is 5.75 Å². The number of anilines is 4. The minimum absolute atomic E-state index is 0.102. The number of benzene rings is 2. The normalized spacial score (nSPS) is 11.6. The molecule has 1 aromatic heterocycles. The Hall–Kier alpha value is -3.33. The quantitative estimate of drug-likeness (QED) is 0.456. The van der Waals surface area contributed by atoms with Crippen molar-refractivity contribution in [1.29, 1.82) is 0 Å². The third-order valence-electron chi connectivity index (χ3n) is 4.36. The van der Waals surface area contributed by atoms with Gasteiger partial charge in [-0.2, -0.15) is 15.0 Å². The Morgan fingerprint density at radius 1 is 1.13 bits per heavy atom. The van der Waals surface area contributed by atoms with Crippen molar-refractivity contribution in [3.05, 3.63) is 59.9 Å². The van der Waals surface area contributed by atoms with Gasteiger partial charge in [-0.3, -0.25) is 4.79 Å². The Labute approximate surface area is 186 Å². The van der Waals surface area contributed by atoms with Gasteiger partial charge in [-0.1, -0.05) is 18.2 Å². The Morgan fingerprint density at radius 2 is 1.87 bits per heavy atom. The Morgan fingerprint density at radius 3 is 2.58 bits per heavy atom. The summed E-state index contributed by atoms with van der Waals surface area (Å²) in [5.41, 5.74) is 8.53. The molecule has 0 aliphatic carbocycles. The maximum Gasteiger partial charge on any atom is 0.237 e. The van der Waals surface area contributed by atoms with E-state index in [0.717, 1.165) is 22.7 Å². The van der Waals surface area contributed by atoms with E-state index in [9.17, 15) is 4.79 Å². The second-order valence-corrected chi connectivity index (χ2v) is 8.10. The molecule has 1 atom stereocenters. The summed E-state index contributed by atoms with van der Waals surface area (Å²) in [4.78, 5) is 25.3. The van der Waals surface area contributed by atoms with Gasteiger partial charge in [0.25, 0.3) is 0 Å². The molecule has 1 unspecified atom stereocenters. The number of amides is 1. The summed E-state index contributed by atoms with van der Waals surface area (Å²) in [6, 6.07) is 15.1. The van der Waals surface area contributed by atoms with E-state index in [-0.39, 0.29) is 17.1 Å². The third kappa shape index (κ3) is 6.58. The van der Waals surface area contributed by atoms with Crippen molar-refractivity contribution in [2.45, 2.75) is 31.8 Å². The number of ether oxygens (including phenoxy) is 1. The van der Waals surface area contributed by atoms with Gasteiger partial charge in [0.2, 0.25) is 17.8 Å². The molecule has 9 heteroatoms. The van der Waals surface area contributed by atoms with Crippen LogP contribution in [0, 0.1) is 6.92 Å². The molecule has 0 radical (unpaired) electrons. The van der Waals surface area contributed by atoms with Crippen molar-refractivity contribution in [2.24, 2.45) is 0 Å². The van der Waals surface area contributed by atoms with Gasteiger partial charge >= 0.3 is 0 Å². The zero-order valence-electron chi connectivity index (χ0n) is 17.8. The van der Waals surface area contributed by atoms with E-state index in [4.69, 9.17) is 10.5 Å². The molecule has 0 spiro atoms. The minimum atomic E-state index is -0.308. The summed E-state index contributed by atoms with van der Waals surface area (Å²) in [5.74, 6) is 2.11. The summed E-state index contributed by atoms with van der Waals surface area (Å²) in [6.45, 7) is 6.36. The van der Waals surface area contributed by atoms with E-state index < -0.39 is 0 Å². The topological polar surface area (TPSA) is 115 Å². The van der Waals surface area contributed by atoms with Crippen molar-refractivity contribution < 1.29 is 9.53 Å². The van der Waals surface area contributed by atoms with E-state index in [1.54, 1.807) is 0 Å². The summed E-state index contributed by atoms with van der Waals surface area (Å²) >= 11 is 1.42. The molecule has 162 valence electrons. The highest BCUT2D eigenvalue weighted by atomic mass is 32.2. The Kier molecular flexibility index (Phi) is 7.66. The first-order chi connectivity index (χ1) is 14.9. The minimum Gasteiger partial charge on any atom is -0.494 e. The molecule has 0 saturated heterocycles. The summed E-state index contributed by atoms with van der Waals surface area (Å²) in [7, 11) is 0. The fourth-order valence-corrected chi connectivity index (χ4v) is 3.45. The lowest BCUT2D eigenvalue weighted by Crippen LogP contribution is -2.22. The number of rotatable bonds is 9. The number of thioether (sulfide) groups is 1. The summed E-state index contributed by atoms with van der Waals surface area (Å²) < 4.78 is 5.41. The molecule has 31 heavy (non-hydrogen) atoms. The molecular formula is C22H26N6O2S. The summed E-state index contributed by atoms with van der Waals surface area (Å²) in [6.07, 6.45) is 0. The number of carbonyl (C=O) groups excluding carboxylic acids is 1. The molecule has 1 amide bonds. The fourth-order valence-electron chi connectivity index (χ4n) is 2.71. The number of hydrogen-bond acceptors (Lipinski definition) is 8. The molecular weight excluding hydrogens is 412 g/mol. The lowest BCUT2D eigenvalue weighted by Gasteiger charge is -2.13. The molecule has 0 aliphatic heterocycles. The number of nitrogens with zero attached hydrogens (tertiary/aromatic N) is 3. The van der Waals surface area contributed by atoms with Gasteiger partial charge in [-0.15, -0.1) is 11.8 Å². The largest absolute Gasteiger partial charge is 0.494 e. The zero-order chi connectivity index (χ0) is 22.2. The maximum absolute atomic E-state index is 12.5. The highest BCUT2D eigenvalue weighted by molar-refractivity contribution is 7.99. The first kappa shape index (κ1) is 22.4. The van der Waals surface area contributed by atoms with E-state index >= 15 is 0 Å². The number of aryl methyl sites for hydroxylation is 1. The monoisotopic (exact) mass is 438 g/mol. The predicted molar refractivity (Wildman–Crippen MR) is 126 cm³/mol. The molecule has 0 saturated carbocycles. The lowest BCUT2D eigenvalue weighted by atomic mass is 10.2. The van der Waals surface area contributed by atoms with Crippen LogP contribution in [0.1, 0.15) is 25.2 Å². The van der Waals surface area contributed by atoms with Gasteiger partial charge in [-0.05, 0) is 56.7 Å². The second-order valence-electron chi connectivity index (χ2n) is 6.77. The van der Waals surface area contributed by atoms with Gasteiger partial charge in [0, 0.05) is 11.4 Å². The average Bonchev–Trinajstić information content (AvgIpc) is 2.75. The standard InChI is InChI=1S/C22H26N6O2S/c1-4-30-17-11-9-16(10-12-17)24-20(29)15(3)31-13-19-26-21(23)28-22(27-19)25-18-8-6-5-7-14(18)2/h5-12,15H,4,13H2,1-3H3,(H,24,29)(H3,23,25,26,27,28). The van der Waals surface area contributed by atoms with Crippen molar-refractivity contribution in [3.8, 4) is 5.75 Å². The van der Waals surface area contributed by atoms with Gasteiger partial charge in [0.05, 0.1) is 17.6 Å². The molecule has 3 aromatic rings. The van der Waals surface area contributed by atoms with Crippen LogP contribution in [0.4, 0.5) is 23.3 Å². The Balaban J connectivity index is 1.57. The molecule has 0 fully saturated rings. The lowest BCUT2D eigenvalue weighted by molar-refractivity contribution is -0.115. The van der Waals surface area contributed by atoms with Gasteiger partial charge < -0.3 is 21.1 Å². The zero-order valence-corrected chi connectivity index (χ0v) is 18.6. The molecule has 0 bridgehead atoms. The average molecular weight is 439 g/mol. The second kappa shape index (κ2) is 10.6. The van der Waals surface area contributed by atoms with Crippen LogP contribution >= 0.6 is 11.8 Å². The van der Waals surface area contributed by atoms with E-state index in [1.165, 1.54) is 11.8 Å². The SMILES string of the molecule is CCOc1ccc(NC(=O)C(C)SCc2nc(N)nc(Nc3ccccc3C)n2)cc1. The molecule has 3 rings (SSSR count). The van der Waals surface area contributed by atoms with E-state index in [1.807, 2.05) is 69.3 Å². The number of para-hydroxylation sites is 1. The van der Waals surface area contributed by atoms with E-state index in [2.05, 4.69) is 25.6 Å². The van der Waals surface area contributed by atoms with Crippen LogP contribution in [-0.4, -0.2) is 32.7 Å². The first-order valence-corrected chi connectivity index (χ1v) is 11.0. The molecule has 8 nitrogen and oxygen atoms in total. The van der Waals surface area contributed by atoms with Crippen LogP contribution in [0.3, 0.4) is 0 Å². The highest BCUT2D eigenvalue weighted by Crippen LogP contribution is 2.22. The number of carbonyl (C=O) groups is 1. The van der Waals surface area contributed by atoms with Gasteiger partial charge in [-0.25, -0.2) is 0 Å². The Bertz CT molecular complexity index is 1030. The van der Waals surface area contributed by atoms with Crippen molar-refractivity contribution in [2.75, 3.05) is 23.0 Å². The number of nitrogens with one attached hydrogen (secondary N) is 2. The van der Waals surface area contributed by atoms with Crippen LogP contribution in [0.25, 0.3) is 0 Å². The third-order valence-corrected chi connectivity index (χ3v) is 5.49. The number of nitrogen functional groups attached to an aromatic ring is 1. The van der Waals surface area contributed by atoms with Crippen LogP contribution in [0.2, 0.25) is 0 Å². The smallest absolute Gasteiger partial charge is 0.237 e. The number of nitrogens with two attached hydrogens (primary N) is 1. The molecule has 1 heterocycles. The summed E-state index contributed by atoms with van der Waals surface area (Å²) in [5, 5.41) is 5.76. The van der Waals surface area contributed by atoms with Crippen LogP contribution < -0.4 is 21.1 Å². The fraction of sp³-hybridized carbons (Fsp3) is 0.273. The van der Waals surface area contributed by atoms with Crippen molar-refractivity contribution in [1.82, 2.24) is 15.0 Å². The molecule has 4 N–H and O–H groups in total. The van der Waals surface area contributed by atoms with Gasteiger partial charge in [0.15, 0.2) is 0 Å². The van der Waals surface area contributed by atoms with Gasteiger partial charge in [0.1, 0.15) is 11.6 Å². The van der Waals surface area contributed by atoms with Crippen molar-refractivity contribution >= 4 is 40.9 Å². The number of hydrogen-bond donors (Lipinski definition) is 3.